The van der Waals surface area contributed by atoms with Crippen LogP contribution in [0.3, 0.4) is 0 Å². The SMILES string of the molecule is Cc1c(F)cccc1Nc1cc(F)c(C(=O)O)cc1N. The zero-order valence-electron chi connectivity index (χ0n) is 10.6. The number of carbonyl (C=O) groups is 1. The Morgan fingerprint density at radius 2 is 1.90 bits per heavy atom. The third-order valence-electron chi connectivity index (χ3n) is 2.91. The third-order valence-corrected chi connectivity index (χ3v) is 2.91. The number of halogens is 2. The van der Waals surface area contributed by atoms with Crippen LogP contribution in [0.1, 0.15) is 15.9 Å². The molecule has 4 nitrogen and oxygen atoms in total. The third kappa shape index (κ3) is 2.54. The quantitative estimate of drug-likeness (QED) is 0.753. The van der Waals surface area contributed by atoms with Crippen LogP contribution in [0.5, 0.6) is 0 Å². The van der Waals surface area contributed by atoms with Gasteiger partial charge in [0.05, 0.1) is 16.9 Å². The zero-order chi connectivity index (χ0) is 14.9. The summed E-state index contributed by atoms with van der Waals surface area (Å²) in [5.74, 6) is -2.72. The van der Waals surface area contributed by atoms with Crippen molar-refractivity contribution in [3.63, 3.8) is 0 Å². The van der Waals surface area contributed by atoms with Crippen molar-refractivity contribution in [2.24, 2.45) is 0 Å². The Kier molecular flexibility index (Phi) is 3.56. The molecular formula is C14H12F2N2O2. The first-order valence-corrected chi connectivity index (χ1v) is 5.74. The standard InChI is InChI=1S/C14H12F2N2O2/c1-7-9(15)3-2-4-12(7)18-13-6-10(16)8(14(19)20)5-11(13)17/h2-6,18H,17H2,1H3,(H,19,20). The second-order valence-corrected chi connectivity index (χ2v) is 4.26. The van der Waals surface area contributed by atoms with Crippen LogP contribution < -0.4 is 11.1 Å². The average molecular weight is 278 g/mol. The van der Waals surface area contributed by atoms with Gasteiger partial charge in [0, 0.05) is 17.3 Å². The van der Waals surface area contributed by atoms with Gasteiger partial charge in [-0.1, -0.05) is 6.07 Å². The van der Waals surface area contributed by atoms with Crippen LogP contribution in [0.2, 0.25) is 0 Å². The van der Waals surface area contributed by atoms with E-state index in [9.17, 15) is 13.6 Å². The molecule has 2 aromatic carbocycles. The predicted octanol–water partition coefficient (Wildman–Crippen LogP) is 3.30. The maximum Gasteiger partial charge on any atom is 0.338 e. The number of hydrogen-bond donors (Lipinski definition) is 3. The predicted molar refractivity (Wildman–Crippen MR) is 72.2 cm³/mol. The molecule has 0 unspecified atom stereocenters. The number of hydrogen-bond acceptors (Lipinski definition) is 3. The lowest BCUT2D eigenvalue weighted by Gasteiger charge is -2.13. The summed E-state index contributed by atoms with van der Waals surface area (Å²) in [5, 5.41) is 11.6. The molecule has 0 saturated carbocycles. The minimum Gasteiger partial charge on any atom is -0.478 e. The lowest BCUT2D eigenvalue weighted by molar-refractivity contribution is 0.0692. The number of carboxylic acids is 1. The molecule has 0 bridgehead atoms. The summed E-state index contributed by atoms with van der Waals surface area (Å²) < 4.78 is 27.0. The van der Waals surface area contributed by atoms with E-state index < -0.39 is 23.2 Å². The first-order chi connectivity index (χ1) is 9.40. The van der Waals surface area contributed by atoms with Crippen LogP contribution in [0, 0.1) is 18.6 Å². The molecule has 0 fully saturated rings. The number of rotatable bonds is 3. The molecule has 20 heavy (non-hydrogen) atoms. The Morgan fingerprint density at radius 1 is 1.20 bits per heavy atom. The smallest absolute Gasteiger partial charge is 0.338 e. The number of nitrogen functional groups attached to an aromatic ring is 1. The van der Waals surface area contributed by atoms with Gasteiger partial charge in [0.2, 0.25) is 0 Å². The van der Waals surface area contributed by atoms with Crippen molar-refractivity contribution >= 4 is 23.0 Å². The fourth-order valence-electron chi connectivity index (χ4n) is 1.75. The van der Waals surface area contributed by atoms with Crippen molar-refractivity contribution in [2.75, 3.05) is 11.1 Å². The Morgan fingerprint density at radius 3 is 2.55 bits per heavy atom. The zero-order valence-corrected chi connectivity index (χ0v) is 10.6. The highest BCUT2D eigenvalue weighted by Gasteiger charge is 2.14. The van der Waals surface area contributed by atoms with Crippen LogP contribution >= 0.6 is 0 Å². The largest absolute Gasteiger partial charge is 0.478 e. The first-order valence-electron chi connectivity index (χ1n) is 5.74. The molecule has 0 aliphatic carbocycles. The molecule has 2 aromatic rings. The maximum atomic E-state index is 13.6. The van der Waals surface area contributed by atoms with Gasteiger partial charge in [-0.3, -0.25) is 0 Å². The summed E-state index contributed by atoms with van der Waals surface area (Å²) >= 11 is 0. The molecule has 0 radical (unpaired) electrons. The van der Waals surface area contributed by atoms with E-state index in [1.165, 1.54) is 12.1 Å². The number of aromatic carboxylic acids is 1. The van der Waals surface area contributed by atoms with E-state index >= 15 is 0 Å². The minimum absolute atomic E-state index is 0.0625. The van der Waals surface area contributed by atoms with Crippen molar-refractivity contribution < 1.29 is 18.7 Å². The Hall–Kier alpha value is -2.63. The lowest BCUT2D eigenvalue weighted by atomic mass is 10.1. The van der Waals surface area contributed by atoms with E-state index in [4.69, 9.17) is 10.8 Å². The van der Waals surface area contributed by atoms with Crippen LogP contribution in [0.25, 0.3) is 0 Å². The van der Waals surface area contributed by atoms with E-state index in [1.54, 1.807) is 13.0 Å². The summed E-state index contributed by atoms with van der Waals surface area (Å²) in [6, 6.07) is 6.42. The van der Waals surface area contributed by atoms with Crippen LogP contribution in [-0.4, -0.2) is 11.1 Å². The van der Waals surface area contributed by atoms with E-state index in [0.717, 1.165) is 12.1 Å². The molecule has 0 amide bonds. The number of nitrogens with one attached hydrogen (secondary N) is 1. The maximum absolute atomic E-state index is 13.6. The van der Waals surface area contributed by atoms with Gasteiger partial charge in [0.25, 0.3) is 0 Å². The Bertz CT molecular complexity index is 687. The van der Waals surface area contributed by atoms with Crippen molar-refractivity contribution in [3.8, 4) is 0 Å². The van der Waals surface area contributed by atoms with Crippen LogP contribution in [0.15, 0.2) is 30.3 Å². The molecule has 2 rings (SSSR count). The summed E-state index contributed by atoms with van der Waals surface area (Å²) in [7, 11) is 0. The van der Waals surface area contributed by atoms with Gasteiger partial charge in [0.1, 0.15) is 11.6 Å². The normalized spacial score (nSPS) is 10.3. The highest BCUT2D eigenvalue weighted by Crippen LogP contribution is 2.28. The average Bonchev–Trinajstić information content (AvgIpc) is 2.38. The fraction of sp³-hybridized carbons (Fsp3) is 0.0714. The molecule has 4 N–H and O–H groups in total. The van der Waals surface area contributed by atoms with E-state index in [0.29, 0.717) is 11.3 Å². The molecule has 0 atom stereocenters. The second-order valence-electron chi connectivity index (χ2n) is 4.26. The van der Waals surface area contributed by atoms with Crippen molar-refractivity contribution in [1.29, 1.82) is 0 Å². The highest BCUT2D eigenvalue weighted by molar-refractivity contribution is 5.91. The van der Waals surface area contributed by atoms with E-state index in [-0.39, 0.29) is 11.4 Å². The topological polar surface area (TPSA) is 75.3 Å². The summed E-state index contributed by atoms with van der Waals surface area (Å²) in [6.45, 7) is 1.57. The van der Waals surface area contributed by atoms with Crippen molar-refractivity contribution in [2.45, 2.75) is 6.92 Å². The minimum atomic E-state index is -1.40. The fourth-order valence-corrected chi connectivity index (χ4v) is 1.75. The molecule has 0 aliphatic rings. The summed E-state index contributed by atoms with van der Waals surface area (Å²) in [4.78, 5) is 10.8. The van der Waals surface area contributed by atoms with Gasteiger partial charge in [-0.2, -0.15) is 0 Å². The summed E-state index contributed by atoms with van der Waals surface area (Å²) in [6.07, 6.45) is 0. The van der Waals surface area contributed by atoms with Gasteiger partial charge < -0.3 is 16.2 Å². The van der Waals surface area contributed by atoms with E-state index in [2.05, 4.69) is 5.32 Å². The molecular weight excluding hydrogens is 266 g/mol. The number of benzene rings is 2. The van der Waals surface area contributed by atoms with Crippen LogP contribution in [-0.2, 0) is 0 Å². The van der Waals surface area contributed by atoms with Gasteiger partial charge in [-0.25, -0.2) is 13.6 Å². The highest BCUT2D eigenvalue weighted by atomic mass is 19.1. The van der Waals surface area contributed by atoms with Gasteiger partial charge in [-0.05, 0) is 25.1 Å². The van der Waals surface area contributed by atoms with Gasteiger partial charge in [0.15, 0.2) is 0 Å². The molecule has 104 valence electrons. The monoisotopic (exact) mass is 278 g/mol. The lowest BCUT2D eigenvalue weighted by Crippen LogP contribution is -2.05. The number of anilines is 3. The molecule has 0 aliphatic heterocycles. The number of carboxylic acid groups (broad SMARTS) is 1. The van der Waals surface area contributed by atoms with Crippen molar-refractivity contribution in [3.05, 3.63) is 53.1 Å². The Labute approximate surface area is 113 Å². The number of nitrogens with two attached hydrogens (primary N) is 1. The Balaban J connectivity index is 2.42. The van der Waals surface area contributed by atoms with Crippen molar-refractivity contribution in [1.82, 2.24) is 0 Å². The second kappa shape index (κ2) is 5.16. The summed E-state index contributed by atoms with van der Waals surface area (Å²) in [5.41, 5.74) is 6.20. The molecule has 0 saturated heterocycles. The first kappa shape index (κ1) is 13.8. The van der Waals surface area contributed by atoms with E-state index in [1.807, 2.05) is 0 Å². The van der Waals surface area contributed by atoms with Gasteiger partial charge >= 0.3 is 5.97 Å². The molecule has 0 heterocycles. The molecule has 0 spiro atoms. The molecule has 6 heteroatoms. The van der Waals surface area contributed by atoms with Crippen LogP contribution in [0.4, 0.5) is 25.8 Å². The molecule has 0 aromatic heterocycles. The van der Waals surface area contributed by atoms with Gasteiger partial charge in [-0.15, -0.1) is 0 Å².